The fourth-order valence-corrected chi connectivity index (χ4v) is 3.57. The van der Waals surface area contributed by atoms with E-state index in [4.69, 9.17) is 18.9 Å². The van der Waals surface area contributed by atoms with Gasteiger partial charge in [0.05, 0.1) is 19.3 Å². The minimum Gasteiger partial charge on any atom is -0.496 e. The van der Waals surface area contributed by atoms with Crippen molar-refractivity contribution in [3.8, 4) is 23.0 Å². The molecule has 0 spiro atoms. The summed E-state index contributed by atoms with van der Waals surface area (Å²) in [4.78, 5) is 13.0. The summed E-state index contributed by atoms with van der Waals surface area (Å²) in [5, 5.41) is 0. The molecule has 0 amide bonds. The molecule has 0 unspecified atom stereocenters. The fourth-order valence-electron chi connectivity index (χ4n) is 3.57. The summed E-state index contributed by atoms with van der Waals surface area (Å²) in [6.07, 6.45) is 1.72. The third kappa shape index (κ3) is 4.26. The lowest BCUT2D eigenvalue weighted by molar-refractivity contribution is 0.101. The van der Waals surface area contributed by atoms with Crippen LogP contribution in [0.3, 0.4) is 0 Å². The molecule has 31 heavy (non-hydrogen) atoms. The number of carbonyl (C=O) groups excluding carboxylic acids is 1. The lowest BCUT2D eigenvalue weighted by Gasteiger charge is -2.11. The van der Waals surface area contributed by atoms with Gasteiger partial charge < -0.3 is 18.9 Å². The van der Waals surface area contributed by atoms with Gasteiger partial charge in [-0.05, 0) is 43.7 Å². The Morgan fingerprint density at radius 1 is 0.968 bits per heavy atom. The number of rotatable bonds is 7. The molecular formula is C26H24O5. The second-order valence-corrected chi connectivity index (χ2v) is 7.12. The maximum Gasteiger partial charge on any atom is 0.232 e. The molecule has 4 rings (SSSR count). The first-order valence-electron chi connectivity index (χ1n) is 10.2. The summed E-state index contributed by atoms with van der Waals surface area (Å²) in [6, 6.07) is 18.9. The van der Waals surface area contributed by atoms with Crippen molar-refractivity contribution in [1.29, 1.82) is 0 Å². The lowest BCUT2D eigenvalue weighted by Crippen LogP contribution is -2.01. The molecule has 0 bridgehead atoms. The number of fused-ring (bicyclic) bond motifs is 1. The van der Waals surface area contributed by atoms with E-state index in [0.29, 0.717) is 36.0 Å². The van der Waals surface area contributed by atoms with Crippen LogP contribution in [0.25, 0.3) is 6.08 Å². The molecule has 1 aliphatic rings. The summed E-state index contributed by atoms with van der Waals surface area (Å²) in [5.74, 6) is 2.74. The predicted molar refractivity (Wildman–Crippen MR) is 119 cm³/mol. The first-order valence-corrected chi connectivity index (χ1v) is 10.2. The standard InChI is InChI=1S/C26H24O5/c1-4-29-22-12-8-5-9-18(22)14-24-26(27)25-17(2)13-20(15-23(25)31-24)30-16-19-10-6-7-11-21(19)28-3/h5-15H,4,16H2,1-3H3/b24-14-. The molecule has 0 radical (unpaired) electrons. The summed E-state index contributed by atoms with van der Waals surface area (Å²) in [5.41, 5.74) is 3.10. The summed E-state index contributed by atoms with van der Waals surface area (Å²) < 4.78 is 22.9. The highest BCUT2D eigenvalue weighted by Crippen LogP contribution is 2.38. The van der Waals surface area contributed by atoms with Crippen LogP contribution < -0.4 is 18.9 Å². The number of carbonyl (C=O) groups is 1. The minimum atomic E-state index is -0.143. The highest BCUT2D eigenvalue weighted by molar-refractivity contribution is 6.15. The smallest absolute Gasteiger partial charge is 0.232 e. The van der Waals surface area contributed by atoms with Crippen LogP contribution in [0.15, 0.2) is 66.4 Å². The van der Waals surface area contributed by atoms with Gasteiger partial charge in [-0.2, -0.15) is 0 Å². The molecule has 1 aliphatic heterocycles. The highest BCUT2D eigenvalue weighted by Gasteiger charge is 2.30. The Morgan fingerprint density at radius 3 is 2.48 bits per heavy atom. The topological polar surface area (TPSA) is 54.0 Å². The predicted octanol–water partition coefficient (Wildman–Crippen LogP) is 5.60. The summed E-state index contributed by atoms with van der Waals surface area (Å²) >= 11 is 0. The number of ketones is 1. The van der Waals surface area contributed by atoms with E-state index in [9.17, 15) is 4.79 Å². The van der Waals surface area contributed by atoms with Gasteiger partial charge in [-0.3, -0.25) is 4.79 Å². The molecule has 0 fully saturated rings. The third-order valence-electron chi connectivity index (χ3n) is 5.04. The van der Waals surface area contributed by atoms with Gasteiger partial charge in [0.1, 0.15) is 29.6 Å². The second-order valence-electron chi connectivity index (χ2n) is 7.12. The van der Waals surface area contributed by atoms with E-state index >= 15 is 0 Å². The lowest BCUT2D eigenvalue weighted by atomic mass is 10.0. The molecule has 0 aromatic heterocycles. The largest absolute Gasteiger partial charge is 0.496 e. The van der Waals surface area contributed by atoms with Crippen LogP contribution in [0.2, 0.25) is 0 Å². The van der Waals surface area contributed by atoms with E-state index in [0.717, 1.165) is 22.4 Å². The monoisotopic (exact) mass is 416 g/mol. The fraction of sp³-hybridized carbons (Fsp3) is 0.192. The van der Waals surface area contributed by atoms with Gasteiger partial charge in [0, 0.05) is 17.2 Å². The quantitative estimate of drug-likeness (QED) is 0.470. The van der Waals surface area contributed by atoms with E-state index < -0.39 is 0 Å². The number of allylic oxidation sites excluding steroid dienone is 1. The Bertz CT molecular complexity index is 1150. The third-order valence-corrected chi connectivity index (χ3v) is 5.04. The van der Waals surface area contributed by atoms with Crippen LogP contribution in [-0.4, -0.2) is 19.5 Å². The maximum absolute atomic E-state index is 13.0. The zero-order valence-corrected chi connectivity index (χ0v) is 17.8. The number of hydrogen-bond acceptors (Lipinski definition) is 5. The van der Waals surface area contributed by atoms with Crippen LogP contribution in [0.4, 0.5) is 0 Å². The molecular weight excluding hydrogens is 392 g/mol. The van der Waals surface area contributed by atoms with Crippen LogP contribution in [-0.2, 0) is 6.61 Å². The van der Waals surface area contributed by atoms with E-state index in [1.807, 2.05) is 68.4 Å². The van der Waals surface area contributed by atoms with Crippen LogP contribution in [0.5, 0.6) is 23.0 Å². The number of ether oxygens (including phenoxy) is 4. The van der Waals surface area contributed by atoms with E-state index in [1.54, 1.807) is 19.3 Å². The maximum atomic E-state index is 13.0. The van der Waals surface area contributed by atoms with Gasteiger partial charge in [0.2, 0.25) is 5.78 Å². The Morgan fingerprint density at radius 2 is 1.71 bits per heavy atom. The molecule has 158 valence electrons. The van der Waals surface area contributed by atoms with Gasteiger partial charge >= 0.3 is 0 Å². The van der Waals surface area contributed by atoms with Crippen LogP contribution in [0.1, 0.15) is 34.0 Å². The van der Waals surface area contributed by atoms with Gasteiger partial charge in [0.15, 0.2) is 5.76 Å². The number of Topliss-reactive ketones (excluding diaryl/α,β-unsaturated/α-hetero) is 1. The number of para-hydroxylation sites is 2. The molecule has 5 nitrogen and oxygen atoms in total. The molecule has 5 heteroatoms. The van der Waals surface area contributed by atoms with Crippen molar-refractivity contribution in [3.05, 3.63) is 88.7 Å². The van der Waals surface area contributed by atoms with E-state index in [2.05, 4.69) is 0 Å². The Balaban J connectivity index is 1.58. The molecule has 3 aromatic carbocycles. The van der Waals surface area contributed by atoms with Crippen LogP contribution >= 0.6 is 0 Å². The van der Waals surface area contributed by atoms with E-state index in [1.165, 1.54) is 0 Å². The van der Waals surface area contributed by atoms with Gasteiger partial charge in [-0.25, -0.2) is 0 Å². The Hall–Kier alpha value is -3.73. The van der Waals surface area contributed by atoms with Crippen molar-refractivity contribution < 1.29 is 23.7 Å². The molecule has 0 atom stereocenters. The summed E-state index contributed by atoms with van der Waals surface area (Å²) in [6.45, 7) is 4.70. The van der Waals surface area contributed by atoms with Crippen molar-refractivity contribution in [1.82, 2.24) is 0 Å². The SMILES string of the molecule is CCOc1ccccc1/C=C1\Oc2cc(OCc3ccccc3OC)cc(C)c2C1=O. The highest BCUT2D eigenvalue weighted by atomic mass is 16.5. The average Bonchev–Trinajstić information content (AvgIpc) is 3.09. The average molecular weight is 416 g/mol. The number of hydrogen-bond donors (Lipinski definition) is 0. The van der Waals surface area contributed by atoms with Gasteiger partial charge in [-0.1, -0.05) is 36.4 Å². The molecule has 0 saturated carbocycles. The number of aryl methyl sites for hydroxylation is 1. The van der Waals surface area contributed by atoms with Crippen molar-refractivity contribution in [2.24, 2.45) is 0 Å². The van der Waals surface area contributed by atoms with E-state index in [-0.39, 0.29) is 11.5 Å². The van der Waals surface area contributed by atoms with Crippen molar-refractivity contribution in [3.63, 3.8) is 0 Å². The first-order chi connectivity index (χ1) is 15.1. The van der Waals surface area contributed by atoms with Crippen molar-refractivity contribution in [2.75, 3.05) is 13.7 Å². The molecule has 1 heterocycles. The van der Waals surface area contributed by atoms with Gasteiger partial charge in [0.25, 0.3) is 0 Å². The molecule has 3 aromatic rings. The first kappa shape index (κ1) is 20.5. The zero-order chi connectivity index (χ0) is 21.8. The second kappa shape index (κ2) is 8.96. The van der Waals surface area contributed by atoms with Gasteiger partial charge in [-0.15, -0.1) is 0 Å². The Kier molecular flexibility index (Phi) is 5.94. The normalized spacial score (nSPS) is 13.6. The molecule has 0 aliphatic carbocycles. The number of methoxy groups -OCH3 is 1. The Labute approximate surface area is 181 Å². The zero-order valence-electron chi connectivity index (χ0n) is 17.8. The molecule has 0 saturated heterocycles. The van der Waals surface area contributed by atoms with Crippen molar-refractivity contribution >= 4 is 11.9 Å². The minimum absolute atomic E-state index is 0.143. The van der Waals surface area contributed by atoms with Crippen molar-refractivity contribution in [2.45, 2.75) is 20.5 Å². The summed E-state index contributed by atoms with van der Waals surface area (Å²) in [7, 11) is 1.63. The van der Waals surface area contributed by atoms with Crippen LogP contribution in [0, 0.1) is 6.92 Å². The number of benzene rings is 3. The molecule has 0 N–H and O–H groups in total.